The van der Waals surface area contributed by atoms with E-state index in [1.807, 2.05) is 30.3 Å². The van der Waals surface area contributed by atoms with Crippen LogP contribution in [0.5, 0.6) is 11.5 Å². The van der Waals surface area contributed by atoms with E-state index in [1.54, 1.807) is 0 Å². The Kier molecular flexibility index (Phi) is 5.09. The Hall–Kier alpha value is -2.66. The van der Waals surface area contributed by atoms with E-state index < -0.39 is 11.7 Å². The third-order valence-corrected chi connectivity index (χ3v) is 4.13. The summed E-state index contributed by atoms with van der Waals surface area (Å²) in [6.07, 6.45) is -4.57. The summed E-state index contributed by atoms with van der Waals surface area (Å²) in [5, 5.41) is 10.2. The van der Waals surface area contributed by atoms with Crippen molar-refractivity contribution >= 4 is 11.6 Å². The summed E-state index contributed by atoms with van der Waals surface area (Å²) in [5.74, 6) is -0.365. The second-order valence-electron chi connectivity index (χ2n) is 5.59. The van der Waals surface area contributed by atoms with Crippen LogP contribution in [0, 0.1) is 0 Å². The highest BCUT2D eigenvalue weighted by molar-refractivity contribution is 6.34. The topological polar surface area (TPSA) is 29.5 Å². The molecular formula is C20H14ClF3O2. The minimum atomic E-state index is -4.57. The lowest BCUT2D eigenvalue weighted by Crippen LogP contribution is -2.08. The molecule has 2 nitrogen and oxygen atoms in total. The molecule has 0 aliphatic carbocycles. The standard InChI is InChI=1S/C20H14ClF3O2/c21-16-10-11-17(25)19(26-12-13-6-2-1-3-7-13)18(16)14-8-4-5-9-15(14)20(22,23)24/h1-11,25H,12H2. The van der Waals surface area contributed by atoms with Crippen LogP contribution in [0.25, 0.3) is 11.1 Å². The molecule has 0 saturated carbocycles. The molecule has 3 rings (SSSR count). The molecule has 3 aromatic rings. The van der Waals surface area contributed by atoms with Crippen LogP contribution < -0.4 is 4.74 Å². The highest BCUT2D eigenvalue weighted by Crippen LogP contribution is 2.47. The Bertz CT molecular complexity index is 909. The second kappa shape index (κ2) is 7.30. The number of ether oxygens (including phenoxy) is 1. The maximum Gasteiger partial charge on any atom is 0.417 e. The first kappa shape index (κ1) is 18.1. The van der Waals surface area contributed by atoms with Crippen molar-refractivity contribution in [2.45, 2.75) is 12.8 Å². The van der Waals surface area contributed by atoms with E-state index in [0.717, 1.165) is 11.6 Å². The zero-order valence-corrected chi connectivity index (χ0v) is 14.2. The number of rotatable bonds is 4. The van der Waals surface area contributed by atoms with Gasteiger partial charge in [-0.25, -0.2) is 0 Å². The summed E-state index contributed by atoms with van der Waals surface area (Å²) >= 11 is 6.18. The van der Waals surface area contributed by atoms with Gasteiger partial charge in [0.2, 0.25) is 0 Å². The minimum absolute atomic E-state index is 0.00974. The zero-order valence-electron chi connectivity index (χ0n) is 13.4. The van der Waals surface area contributed by atoms with E-state index >= 15 is 0 Å². The first-order valence-corrected chi connectivity index (χ1v) is 8.10. The summed E-state index contributed by atoms with van der Waals surface area (Å²) in [6, 6.07) is 16.8. The smallest absolute Gasteiger partial charge is 0.417 e. The third kappa shape index (κ3) is 3.78. The maximum atomic E-state index is 13.4. The quantitative estimate of drug-likeness (QED) is 0.576. The van der Waals surface area contributed by atoms with Gasteiger partial charge in [0.15, 0.2) is 11.5 Å². The molecule has 6 heteroatoms. The van der Waals surface area contributed by atoms with Gasteiger partial charge in [0.25, 0.3) is 0 Å². The molecule has 0 amide bonds. The maximum absolute atomic E-state index is 13.4. The Morgan fingerprint density at radius 1 is 0.885 bits per heavy atom. The lowest BCUT2D eigenvalue weighted by atomic mass is 9.98. The van der Waals surface area contributed by atoms with E-state index in [0.29, 0.717) is 0 Å². The minimum Gasteiger partial charge on any atom is -0.504 e. The predicted octanol–water partition coefficient (Wildman–Crippen LogP) is 6.31. The molecule has 134 valence electrons. The van der Waals surface area contributed by atoms with E-state index in [-0.39, 0.29) is 34.3 Å². The number of halogens is 4. The average molecular weight is 379 g/mol. The van der Waals surface area contributed by atoms with Gasteiger partial charge in [-0.05, 0) is 29.3 Å². The molecule has 0 unspecified atom stereocenters. The molecule has 0 atom stereocenters. The predicted molar refractivity (Wildman–Crippen MR) is 94.3 cm³/mol. The average Bonchev–Trinajstić information content (AvgIpc) is 2.62. The van der Waals surface area contributed by atoms with Crippen LogP contribution in [0.3, 0.4) is 0 Å². The van der Waals surface area contributed by atoms with Gasteiger partial charge in [0, 0.05) is 5.56 Å². The monoisotopic (exact) mass is 378 g/mol. The van der Waals surface area contributed by atoms with Crippen LogP contribution >= 0.6 is 11.6 Å². The van der Waals surface area contributed by atoms with Gasteiger partial charge in [0.1, 0.15) is 6.61 Å². The largest absolute Gasteiger partial charge is 0.504 e. The molecule has 3 aromatic carbocycles. The molecule has 0 heterocycles. The third-order valence-electron chi connectivity index (χ3n) is 3.81. The summed E-state index contributed by atoms with van der Waals surface area (Å²) < 4.78 is 45.9. The molecule has 0 bridgehead atoms. The molecule has 0 radical (unpaired) electrons. The summed E-state index contributed by atoms with van der Waals surface area (Å²) in [5.41, 5.74) is -0.182. The van der Waals surface area contributed by atoms with Gasteiger partial charge in [-0.15, -0.1) is 0 Å². The van der Waals surface area contributed by atoms with Gasteiger partial charge >= 0.3 is 6.18 Å². The molecule has 0 spiro atoms. The van der Waals surface area contributed by atoms with Crippen molar-refractivity contribution in [2.24, 2.45) is 0 Å². The van der Waals surface area contributed by atoms with Crippen molar-refractivity contribution in [3.8, 4) is 22.6 Å². The summed E-state index contributed by atoms with van der Waals surface area (Å²) in [7, 11) is 0. The fourth-order valence-electron chi connectivity index (χ4n) is 2.62. The molecule has 0 saturated heterocycles. The van der Waals surface area contributed by atoms with Crippen molar-refractivity contribution in [1.82, 2.24) is 0 Å². The van der Waals surface area contributed by atoms with E-state index in [2.05, 4.69) is 0 Å². The van der Waals surface area contributed by atoms with Crippen LogP contribution in [0.2, 0.25) is 5.02 Å². The first-order chi connectivity index (χ1) is 12.4. The Morgan fingerprint density at radius 3 is 2.23 bits per heavy atom. The fraction of sp³-hybridized carbons (Fsp3) is 0.100. The van der Waals surface area contributed by atoms with Crippen LogP contribution in [0.15, 0.2) is 66.7 Å². The van der Waals surface area contributed by atoms with E-state index in [1.165, 1.54) is 30.3 Å². The van der Waals surface area contributed by atoms with Crippen LogP contribution in [-0.4, -0.2) is 5.11 Å². The number of phenols is 1. The van der Waals surface area contributed by atoms with Gasteiger partial charge in [-0.1, -0.05) is 60.1 Å². The lowest BCUT2D eigenvalue weighted by Gasteiger charge is -2.18. The van der Waals surface area contributed by atoms with Gasteiger partial charge in [-0.3, -0.25) is 0 Å². The number of alkyl halides is 3. The first-order valence-electron chi connectivity index (χ1n) is 7.72. The molecule has 1 N–H and O–H groups in total. The van der Waals surface area contributed by atoms with Crippen LogP contribution in [0.1, 0.15) is 11.1 Å². The Balaban J connectivity index is 2.10. The number of phenolic OH excluding ortho intramolecular Hbond substituents is 1. The van der Waals surface area contributed by atoms with Crippen molar-refractivity contribution in [3.63, 3.8) is 0 Å². The number of hydrogen-bond donors (Lipinski definition) is 1. The van der Waals surface area contributed by atoms with Crippen molar-refractivity contribution < 1.29 is 23.0 Å². The Morgan fingerprint density at radius 2 is 1.54 bits per heavy atom. The number of hydrogen-bond acceptors (Lipinski definition) is 2. The van der Waals surface area contributed by atoms with Crippen molar-refractivity contribution in [3.05, 3.63) is 82.9 Å². The number of benzene rings is 3. The molecule has 0 aliphatic rings. The molecule has 0 aliphatic heterocycles. The second-order valence-corrected chi connectivity index (χ2v) is 6.00. The fourth-order valence-corrected chi connectivity index (χ4v) is 2.87. The number of aromatic hydroxyl groups is 1. The normalized spacial score (nSPS) is 11.4. The van der Waals surface area contributed by atoms with Gasteiger partial charge in [-0.2, -0.15) is 13.2 Å². The summed E-state index contributed by atoms with van der Waals surface area (Å²) in [4.78, 5) is 0. The molecule has 0 aromatic heterocycles. The molecule has 26 heavy (non-hydrogen) atoms. The van der Waals surface area contributed by atoms with Crippen molar-refractivity contribution in [1.29, 1.82) is 0 Å². The van der Waals surface area contributed by atoms with E-state index in [4.69, 9.17) is 16.3 Å². The van der Waals surface area contributed by atoms with Crippen LogP contribution in [-0.2, 0) is 12.8 Å². The highest BCUT2D eigenvalue weighted by atomic mass is 35.5. The van der Waals surface area contributed by atoms with E-state index in [9.17, 15) is 18.3 Å². The molecule has 0 fully saturated rings. The lowest BCUT2D eigenvalue weighted by molar-refractivity contribution is -0.137. The summed E-state index contributed by atoms with van der Waals surface area (Å²) in [6.45, 7) is 0.0793. The SMILES string of the molecule is Oc1ccc(Cl)c(-c2ccccc2C(F)(F)F)c1OCc1ccccc1. The van der Waals surface area contributed by atoms with Crippen molar-refractivity contribution in [2.75, 3.05) is 0 Å². The van der Waals surface area contributed by atoms with Gasteiger partial charge in [0.05, 0.1) is 10.6 Å². The molecular weight excluding hydrogens is 365 g/mol. The van der Waals surface area contributed by atoms with Gasteiger partial charge < -0.3 is 9.84 Å². The highest BCUT2D eigenvalue weighted by Gasteiger charge is 2.34. The Labute approximate surface area is 153 Å². The zero-order chi connectivity index (χ0) is 18.7. The van der Waals surface area contributed by atoms with Crippen LogP contribution in [0.4, 0.5) is 13.2 Å².